The molecule has 3 aromatic rings. The van der Waals surface area contributed by atoms with Gasteiger partial charge in [-0.15, -0.1) is 5.10 Å². The molecule has 3 aromatic heterocycles. The van der Waals surface area contributed by atoms with Crippen LogP contribution in [0.15, 0.2) is 38.6 Å². The molecule has 0 saturated heterocycles. The first-order chi connectivity index (χ1) is 11.1. The second-order valence-corrected chi connectivity index (χ2v) is 6.08. The number of hydrogen-bond acceptors (Lipinski definition) is 8. The lowest BCUT2D eigenvalue weighted by Crippen LogP contribution is -2.23. The molecule has 3 rings (SSSR count). The zero-order valence-electron chi connectivity index (χ0n) is 12.5. The van der Waals surface area contributed by atoms with E-state index in [-0.39, 0.29) is 5.91 Å². The SMILES string of the molecule is Cc1cc(NC(=O)C(C)Sc2nnnn2Cc2ccco2)no1. The molecule has 10 heteroatoms. The van der Waals surface area contributed by atoms with Crippen molar-refractivity contribution in [2.75, 3.05) is 5.32 Å². The summed E-state index contributed by atoms with van der Waals surface area (Å²) in [4.78, 5) is 12.2. The fourth-order valence-corrected chi connectivity index (χ4v) is 2.58. The molecule has 9 nitrogen and oxygen atoms in total. The van der Waals surface area contributed by atoms with Crippen molar-refractivity contribution in [1.29, 1.82) is 0 Å². The Bertz CT molecular complexity index is 781. The van der Waals surface area contributed by atoms with Gasteiger partial charge in [0.25, 0.3) is 0 Å². The molecular weight excluding hydrogens is 320 g/mol. The normalized spacial score (nSPS) is 12.3. The number of aromatic nitrogens is 5. The molecule has 0 saturated carbocycles. The molecule has 0 radical (unpaired) electrons. The fourth-order valence-electron chi connectivity index (χ4n) is 1.80. The molecule has 0 spiro atoms. The van der Waals surface area contributed by atoms with Gasteiger partial charge in [0.1, 0.15) is 18.1 Å². The molecule has 1 amide bonds. The van der Waals surface area contributed by atoms with Gasteiger partial charge in [0, 0.05) is 6.07 Å². The number of tetrazole rings is 1. The predicted octanol–water partition coefficient (Wildman–Crippen LogP) is 1.73. The van der Waals surface area contributed by atoms with Crippen LogP contribution in [0.3, 0.4) is 0 Å². The Kier molecular flexibility index (Phi) is 4.42. The number of nitrogens with one attached hydrogen (secondary N) is 1. The van der Waals surface area contributed by atoms with Gasteiger partial charge in [-0.3, -0.25) is 4.79 Å². The van der Waals surface area contributed by atoms with Gasteiger partial charge in [0.15, 0.2) is 5.82 Å². The van der Waals surface area contributed by atoms with Crippen LogP contribution in [-0.2, 0) is 11.3 Å². The van der Waals surface area contributed by atoms with Gasteiger partial charge in [-0.05, 0) is 36.4 Å². The maximum Gasteiger partial charge on any atom is 0.238 e. The van der Waals surface area contributed by atoms with Crippen molar-refractivity contribution in [2.45, 2.75) is 30.8 Å². The Balaban J connectivity index is 1.62. The topological polar surface area (TPSA) is 112 Å². The summed E-state index contributed by atoms with van der Waals surface area (Å²) in [7, 11) is 0. The minimum absolute atomic E-state index is 0.212. The average molecular weight is 334 g/mol. The maximum absolute atomic E-state index is 12.2. The second kappa shape index (κ2) is 6.65. The Hall–Kier alpha value is -2.62. The van der Waals surface area contributed by atoms with Gasteiger partial charge in [0.2, 0.25) is 11.1 Å². The van der Waals surface area contributed by atoms with Crippen molar-refractivity contribution in [2.24, 2.45) is 0 Å². The highest BCUT2D eigenvalue weighted by Gasteiger charge is 2.20. The van der Waals surface area contributed by atoms with Crippen LogP contribution in [0.4, 0.5) is 5.82 Å². The first kappa shape index (κ1) is 15.3. The maximum atomic E-state index is 12.2. The number of carbonyl (C=O) groups excluding carboxylic acids is 1. The van der Waals surface area contributed by atoms with E-state index in [9.17, 15) is 4.79 Å². The highest BCUT2D eigenvalue weighted by molar-refractivity contribution is 8.00. The molecule has 23 heavy (non-hydrogen) atoms. The highest BCUT2D eigenvalue weighted by Crippen LogP contribution is 2.22. The summed E-state index contributed by atoms with van der Waals surface area (Å²) >= 11 is 1.25. The van der Waals surface area contributed by atoms with Crippen LogP contribution in [0.5, 0.6) is 0 Å². The molecule has 120 valence electrons. The van der Waals surface area contributed by atoms with Crippen molar-refractivity contribution >= 4 is 23.5 Å². The number of carbonyl (C=O) groups is 1. The van der Waals surface area contributed by atoms with E-state index in [0.717, 1.165) is 5.76 Å². The summed E-state index contributed by atoms with van der Waals surface area (Å²) in [6.45, 7) is 3.92. The first-order valence-electron chi connectivity index (χ1n) is 6.81. The van der Waals surface area contributed by atoms with Gasteiger partial charge < -0.3 is 14.3 Å². The van der Waals surface area contributed by atoms with Crippen LogP contribution in [-0.4, -0.2) is 36.5 Å². The molecule has 0 aliphatic rings. The quantitative estimate of drug-likeness (QED) is 0.678. The Morgan fingerprint density at radius 1 is 1.52 bits per heavy atom. The van der Waals surface area contributed by atoms with Crippen LogP contribution in [0.2, 0.25) is 0 Å². The van der Waals surface area contributed by atoms with Gasteiger partial charge in [-0.25, -0.2) is 4.68 Å². The number of anilines is 1. The molecule has 0 aliphatic heterocycles. The average Bonchev–Trinajstić information content (AvgIpc) is 3.24. The van der Waals surface area contributed by atoms with Gasteiger partial charge in [0.05, 0.1) is 11.5 Å². The van der Waals surface area contributed by atoms with Crippen molar-refractivity contribution in [3.05, 3.63) is 36.0 Å². The molecule has 3 heterocycles. The Morgan fingerprint density at radius 3 is 3.09 bits per heavy atom. The lowest BCUT2D eigenvalue weighted by molar-refractivity contribution is -0.115. The number of thioether (sulfide) groups is 1. The van der Waals surface area contributed by atoms with E-state index in [0.29, 0.717) is 23.3 Å². The molecule has 0 fully saturated rings. The van der Waals surface area contributed by atoms with E-state index in [1.807, 2.05) is 6.07 Å². The number of rotatable bonds is 6. The molecule has 0 aliphatic carbocycles. The van der Waals surface area contributed by atoms with E-state index in [1.165, 1.54) is 11.8 Å². The van der Waals surface area contributed by atoms with E-state index in [4.69, 9.17) is 8.94 Å². The molecule has 0 aromatic carbocycles. The van der Waals surface area contributed by atoms with Crippen LogP contribution >= 0.6 is 11.8 Å². The summed E-state index contributed by atoms with van der Waals surface area (Å²) < 4.78 is 11.8. The molecule has 1 atom stereocenters. The summed E-state index contributed by atoms with van der Waals surface area (Å²) in [6.07, 6.45) is 1.59. The third-order valence-corrected chi connectivity index (χ3v) is 3.99. The molecule has 1 N–H and O–H groups in total. The molecule has 0 bridgehead atoms. The smallest absolute Gasteiger partial charge is 0.238 e. The number of aryl methyl sites for hydroxylation is 1. The summed E-state index contributed by atoms with van der Waals surface area (Å²) in [6, 6.07) is 5.28. The predicted molar refractivity (Wildman–Crippen MR) is 80.8 cm³/mol. The largest absolute Gasteiger partial charge is 0.467 e. The number of nitrogens with zero attached hydrogens (tertiary/aromatic N) is 5. The summed E-state index contributed by atoms with van der Waals surface area (Å²) in [5.41, 5.74) is 0. The van der Waals surface area contributed by atoms with E-state index < -0.39 is 5.25 Å². The number of furan rings is 1. The van der Waals surface area contributed by atoms with Gasteiger partial charge >= 0.3 is 0 Å². The molecular formula is C13H14N6O3S. The first-order valence-corrected chi connectivity index (χ1v) is 7.69. The zero-order valence-corrected chi connectivity index (χ0v) is 13.3. The Labute approximate surface area is 135 Å². The van der Waals surface area contributed by atoms with Gasteiger partial charge in [-0.1, -0.05) is 16.9 Å². The lowest BCUT2D eigenvalue weighted by atomic mass is 10.4. The minimum atomic E-state index is -0.409. The fraction of sp³-hybridized carbons (Fsp3) is 0.308. The van der Waals surface area contributed by atoms with Crippen LogP contribution < -0.4 is 5.32 Å². The number of amides is 1. The van der Waals surface area contributed by atoms with Crippen LogP contribution in [0.25, 0.3) is 0 Å². The van der Waals surface area contributed by atoms with Crippen LogP contribution in [0.1, 0.15) is 18.4 Å². The van der Waals surface area contributed by atoms with Crippen molar-refractivity contribution in [1.82, 2.24) is 25.4 Å². The van der Waals surface area contributed by atoms with Crippen molar-refractivity contribution < 1.29 is 13.7 Å². The zero-order chi connectivity index (χ0) is 16.2. The van der Waals surface area contributed by atoms with Crippen LogP contribution in [0, 0.1) is 6.92 Å². The van der Waals surface area contributed by atoms with E-state index in [2.05, 4.69) is 26.0 Å². The summed E-state index contributed by atoms with van der Waals surface area (Å²) in [5.74, 6) is 1.53. The van der Waals surface area contributed by atoms with Gasteiger partial charge in [-0.2, -0.15) is 0 Å². The lowest BCUT2D eigenvalue weighted by Gasteiger charge is -2.09. The highest BCUT2D eigenvalue weighted by atomic mass is 32.2. The van der Waals surface area contributed by atoms with Crippen molar-refractivity contribution in [3.63, 3.8) is 0 Å². The van der Waals surface area contributed by atoms with E-state index >= 15 is 0 Å². The second-order valence-electron chi connectivity index (χ2n) is 4.77. The Morgan fingerprint density at radius 2 is 2.39 bits per heavy atom. The van der Waals surface area contributed by atoms with Crippen molar-refractivity contribution in [3.8, 4) is 0 Å². The van der Waals surface area contributed by atoms with E-state index in [1.54, 1.807) is 36.9 Å². The number of hydrogen-bond donors (Lipinski definition) is 1. The monoisotopic (exact) mass is 334 g/mol. The molecule has 1 unspecified atom stereocenters. The third-order valence-electron chi connectivity index (χ3n) is 2.92. The third kappa shape index (κ3) is 3.77. The summed E-state index contributed by atoms with van der Waals surface area (Å²) in [5, 5.41) is 18.0. The standard InChI is InChI=1S/C13H14N6O3S/c1-8-6-11(16-22-8)14-12(20)9(2)23-13-15-17-18-19(13)7-10-4-3-5-21-10/h3-6,9H,7H2,1-2H3,(H,14,16,20). The minimum Gasteiger partial charge on any atom is -0.467 e.